The second-order valence-electron chi connectivity index (χ2n) is 8.55. The molecule has 4 rings (SSSR count). The Morgan fingerprint density at radius 3 is 1.63 bits per heavy atom. The van der Waals surface area contributed by atoms with Crippen LogP contribution in [0.5, 0.6) is 0 Å². The van der Waals surface area contributed by atoms with E-state index in [2.05, 4.69) is 0 Å². The summed E-state index contributed by atoms with van der Waals surface area (Å²) in [7, 11) is 0. The summed E-state index contributed by atoms with van der Waals surface area (Å²) in [6, 6.07) is 29.4. The monoisotopic (exact) mass is 480 g/mol. The normalized spacial score (nSPS) is 24.9. The van der Waals surface area contributed by atoms with E-state index in [0.29, 0.717) is 6.42 Å². The van der Waals surface area contributed by atoms with Crippen molar-refractivity contribution >= 4 is 0 Å². The van der Waals surface area contributed by atoms with E-state index < -0.39 is 36.3 Å². The van der Waals surface area contributed by atoms with Crippen molar-refractivity contribution in [1.29, 1.82) is 0 Å². The molecule has 1 aliphatic heterocycles. The van der Waals surface area contributed by atoms with Crippen LogP contribution in [0.4, 0.5) is 0 Å². The smallest absolute Gasteiger partial charge is 0.186 e. The van der Waals surface area contributed by atoms with Crippen LogP contribution < -0.4 is 0 Å². The van der Waals surface area contributed by atoms with Crippen molar-refractivity contribution in [3.8, 4) is 0 Å². The van der Waals surface area contributed by atoms with E-state index in [4.69, 9.17) is 19.3 Å². The molecule has 0 aromatic heterocycles. The highest BCUT2D eigenvalue weighted by Gasteiger charge is 2.46. The summed E-state index contributed by atoms with van der Waals surface area (Å²) >= 11 is 0. The van der Waals surface area contributed by atoms with E-state index in [0.717, 1.165) is 16.7 Å². The van der Waals surface area contributed by atoms with Gasteiger partial charge in [0.1, 0.15) is 30.0 Å². The maximum Gasteiger partial charge on any atom is 0.186 e. The summed E-state index contributed by atoms with van der Waals surface area (Å²) in [6.45, 7) is -0.0334. The Hall–Kier alpha value is -2.62. The molecule has 186 valence electrons. The van der Waals surface area contributed by atoms with Gasteiger partial charge in [0.05, 0.1) is 13.2 Å². The quantitative estimate of drug-likeness (QED) is 0.260. The summed E-state index contributed by atoms with van der Waals surface area (Å²) in [6.07, 6.45) is -6.07. The van der Waals surface area contributed by atoms with Gasteiger partial charge in [0.2, 0.25) is 0 Å². The van der Waals surface area contributed by atoms with Gasteiger partial charge in [-0.2, -0.15) is 0 Å². The second-order valence-corrected chi connectivity index (χ2v) is 8.55. The Morgan fingerprint density at radius 2 is 1.17 bits per heavy atom. The highest BCUT2D eigenvalue weighted by Crippen LogP contribution is 2.41. The van der Waals surface area contributed by atoms with Gasteiger partial charge in [-0.15, -0.1) is 0 Å². The van der Waals surface area contributed by atoms with Gasteiger partial charge >= 0.3 is 0 Å². The molecule has 0 radical (unpaired) electrons. The maximum absolute atomic E-state index is 10.7. The van der Waals surface area contributed by atoms with Crippen LogP contribution in [0.15, 0.2) is 91.0 Å². The Labute approximate surface area is 205 Å². The minimum absolute atomic E-state index is 0.0751. The van der Waals surface area contributed by atoms with Crippen molar-refractivity contribution in [2.24, 2.45) is 0 Å². The molecule has 1 heterocycles. The zero-order chi connectivity index (χ0) is 24.7. The molecule has 5 atom stereocenters. The molecule has 3 aromatic rings. The molecule has 1 fully saturated rings. The molecule has 0 unspecified atom stereocenters. The number of aliphatic hydroxyl groups is 4. The van der Waals surface area contributed by atoms with Gasteiger partial charge in [-0.05, 0) is 23.1 Å². The zero-order valence-electron chi connectivity index (χ0n) is 19.4. The summed E-state index contributed by atoms with van der Waals surface area (Å²) in [5.74, 6) is 0. The minimum Gasteiger partial charge on any atom is -0.396 e. The third kappa shape index (κ3) is 5.47. The standard InChI is InChI=1S/C28H32O7/c29-17-10-18-33-27-26(32)25(31)24(30)23(35-27)19-34-28(20-11-4-1-5-12-20,21-13-6-2-7-14-21)22-15-8-3-9-16-22/h1-9,11-16,23-27,29-32H,10,17-19H2/t23-,24-,25+,26-,27+/m1/s1. The van der Waals surface area contributed by atoms with E-state index >= 15 is 0 Å². The number of ether oxygens (including phenoxy) is 3. The molecule has 0 bridgehead atoms. The van der Waals surface area contributed by atoms with Crippen LogP contribution in [-0.2, 0) is 19.8 Å². The molecular weight excluding hydrogens is 448 g/mol. The molecule has 7 heteroatoms. The Morgan fingerprint density at radius 1 is 0.686 bits per heavy atom. The molecule has 0 saturated carbocycles. The fourth-order valence-corrected chi connectivity index (χ4v) is 4.43. The predicted molar refractivity (Wildman–Crippen MR) is 129 cm³/mol. The highest BCUT2D eigenvalue weighted by molar-refractivity contribution is 5.47. The summed E-state index contributed by atoms with van der Waals surface area (Å²) in [5.41, 5.74) is 1.64. The lowest BCUT2D eigenvalue weighted by molar-refractivity contribution is -0.305. The molecule has 7 nitrogen and oxygen atoms in total. The first-order valence-corrected chi connectivity index (χ1v) is 11.8. The van der Waals surface area contributed by atoms with Gasteiger partial charge in [-0.1, -0.05) is 91.0 Å². The molecule has 0 aliphatic carbocycles. The lowest BCUT2D eigenvalue weighted by Gasteiger charge is -2.42. The third-order valence-corrected chi connectivity index (χ3v) is 6.26. The molecule has 1 saturated heterocycles. The lowest BCUT2D eigenvalue weighted by atomic mass is 9.80. The summed E-state index contributed by atoms with van der Waals surface area (Å²) in [4.78, 5) is 0. The van der Waals surface area contributed by atoms with E-state index in [1.807, 2.05) is 91.0 Å². The number of benzene rings is 3. The number of hydrogen-bond acceptors (Lipinski definition) is 7. The maximum atomic E-state index is 10.7. The molecule has 4 N–H and O–H groups in total. The Balaban J connectivity index is 1.69. The zero-order valence-corrected chi connectivity index (χ0v) is 19.4. The van der Waals surface area contributed by atoms with Gasteiger partial charge < -0.3 is 34.6 Å². The fourth-order valence-electron chi connectivity index (χ4n) is 4.43. The fraction of sp³-hybridized carbons (Fsp3) is 0.357. The molecular formula is C28H32O7. The largest absolute Gasteiger partial charge is 0.396 e. The van der Waals surface area contributed by atoms with Crippen molar-refractivity contribution in [3.05, 3.63) is 108 Å². The van der Waals surface area contributed by atoms with Crippen LogP contribution >= 0.6 is 0 Å². The van der Waals surface area contributed by atoms with Crippen molar-refractivity contribution in [2.75, 3.05) is 19.8 Å². The SMILES string of the molecule is OCCCO[C@H]1O[C@H](COC(c2ccccc2)(c2ccccc2)c2ccccc2)[C@@H](O)[C@H](O)[C@H]1O. The van der Waals surface area contributed by atoms with Gasteiger partial charge in [-0.25, -0.2) is 0 Å². The van der Waals surface area contributed by atoms with E-state index in [-0.39, 0.29) is 19.8 Å². The first kappa shape index (κ1) is 25.5. The number of hydrogen-bond donors (Lipinski definition) is 4. The minimum atomic E-state index is -1.48. The van der Waals surface area contributed by atoms with Gasteiger partial charge in [0.25, 0.3) is 0 Å². The van der Waals surface area contributed by atoms with Gasteiger partial charge in [0, 0.05) is 6.61 Å². The molecule has 0 amide bonds. The van der Waals surface area contributed by atoms with E-state index in [1.165, 1.54) is 0 Å². The summed E-state index contributed by atoms with van der Waals surface area (Å²) < 4.78 is 18.0. The van der Waals surface area contributed by atoms with Crippen LogP contribution in [-0.4, -0.2) is 71.0 Å². The molecule has 0 spiro atoms. The van der Waals surface area contributed by atoms with E-state index in [9.17, 15) is 15.3 Å². The predicted octanol–water partition coefficient (Wildman–Crippen LogP) is 2.20. The topological polar surface area (TPSA) is 109 Å². The highest BCUT2D eigenvalue weighted by atomic mass is 16.7. The average Bonchev–Trinajstić information content (AvgIpc) is 2.92. The molecule has 1 aliphatic rings. The van der Waals surface area contributed by atoms with Crippen LogP contribution in [0.1, 0.15) is 23.1 Å². The van der Waals surface area contributed by atoms with Crippen molar-refractivity contribution in [2.45, 2.75) is 42.7 Å². The Bertz CT molecular complexity index is 919. The number of aliphatic hydroxyl groups excluding tert-OH is 4. The lowest BCUT2D eigenvalue weighted by Crippen LogP contribution is -2.59. The summed E-state index contributed by atoms with van der Waals surface area (Å²) in [5, 5.41) is 40.5. The van der Waals surface area contributed by atoms with Crippen molar-refractivity contribution in [1.82, 2.24) is 0 Å². The van der Waals surface area contributed by atoms with Gasteiger partial charge in [-0.3, -0.25) is 0 Å². The van der Waals surface area contributed by atoms with Crippen LogP contribution in [0.25, 0.3) is 0 Å². The van der Waals surface area contributed by atoms with Crippen molar-refractivity contribution < 1.29 is 34.6 Å². The van der Waals surface area contributed by atoms with Crippen LogP contribution in [0, 0.1) is 0 Å². The third-order valence-electron chi connectivity index (χ3n) is 6.26. The molecule has 35 heavy (non-hydrogen) atoms. The van der Waals surface area contributed by atoms with Crippen LogP contribution in [0.3, 0.4) is 0 Å². The Kier molecular flexibility index (Phi) is 8.64. The number of rotatable bonds is 10. The van der Waals surface area contributed by atoms with E-state index in [1.54, 1.807) is 0 Å². The second kappa shape index (κ2) is 11.9. The first-order chi connectivity index (χ1) is 17.1. The van der Waals surface area contributed by atoms with Crippen LogP contribution in [0.2, 0.25) is 0 Å². The average molecular weight is 481 g/mol. The first-order valence-electron chi connectivity index (χ1n) is 11.8. The van der Waals surface area contributed by atoms with Crippen molar-refractivity contribution in [3.63, 3.8) is 0 Å². The molecule has 3 aromatic carbocycles. The van der Waals surface area contributed by atoms with Gasteiger partial charge in [0.15, 0.2) is 6.29 Å².